The van der Waals surface area contributed by atoms with Crippen molar-refractivity contribution < 1.29 is 22.7 Å². The van der Waals surface area contributed by atoms with Gasteiger partial charge in [-0.1, -0.05) is 6.42 Å². The highest BCUT2D eigenvalue weighted by molar-refractivity contribution is 7.17. The Morgan fingerprint density at radius 2 is 1.71 bits per heavy atom. The van der Waals surface area contributed by atoms with E-state index in [1.165, 1.54) is 68.0 Å². The van der Waals surface area contributed by atoms with Gasteiger partial charge in [0.25, 0.3) is 5.91 Å². The van der Waals surface area contributed by atoms with Crippen molar-refractivity contribution in [1.82, 2.24) is 14.8 Å². The number of ether oxygens (including phenoxy) is 1. The molecule has 0 N–H and O–H groups in total. The van der Waals surface area contributed by atoms with Gasteiger partial charge in [0.05, 0.1) is 5.69 Å². The summed E-state index contributed by atoms with van der Waals surface area (Å²) >= 11 is 1.29. The molecule has 2 aliphatic rings. The van der Waals surface area contributed by atoms with E-state index >= 15 is 0 Å². The van der Waals surface area contributed by atoms with Crippen LogP contribution >= 0.6 is 11.3 Å². The van der Waals surface area contributed by atoms with Gasteiger partial charge >= 0.3 is 6.36 Å². The van der Waals surface area contributed by atoms with E-state index in [0.29, 0.717) is 27.2 Å². The standard InChI is InChI=1S/C22H26F3N3O2S/c1-15-19(21(29)28-13-9-17(10-14-28)27-11-3-2-4-12-27)31-20(26-15)16-5-7-18(8-6-16)30-22(23,24)25/h5-8,17H,2-4,9-14H2,1H3. The van der Waals surface area contributed by atoms with Crippen molar-refractivity contribution in [3.63, 3.8) is 0 Å². The first-order valence-corrected chi connectivity index (χ1v) is 11.5. The molecule has 1 aromatic carbocycles. The van der Waals surface area contributed by atoms with Gasteiger partial charge in [-0.05, 0) is 70.0 Å². The molecule has 0 atom stereocenters. The summed E-state index contributed by atoms with van der Waals surface area (Å²) in [5.41, 5.74) is 1.31. The van der Waals surface area contributed by atoms with E-state index in [9.17, 15) is 18.0 Å². The molecule has 5 nitrogen and oxygen atoms in total. The van der Waals surface area contributed by atoms with Crippen molar-refractivity contribution in [1.29, 1.82) is 0 Å². The molecule has 2 aromatic rings. The van der Waals surface area contributed by atoms with E-state index in [2.05, 4.69) is 14.6 Å². The number of hydrogen-bond donors (Lipinski definition) is 0. The lowest BCUT2D eigenvalue weighted by Gasteiger charge is -2.40. The van der Waals surface area contributed by atoms with Crippen molar-refractivity contribution in [2.45, 2.75) is 51.4 Å². The van der Waals surface area contributed by atoms with Crippen LogP contribution in [-0.4, -0.2) is 59.3 Å². The van der Waals surface area contributed by atoms with E-state index < -0.39 is 6.36 Å². The van der Waals surface area contributed by atoms with Crippen LogP contribution in [0.1, 0.15) is 47.5 Å². The molecule has 0 saturated carbocycles. The molecule has 168 valence electrons. The predicted molar refractivity (Wildman–Crippen MR) is 113 cm³/mol. The minimum atomic E-state index is -4.72. The molecule has 2 fully saturated rings. The summed E-state index contributed by atoms with van der Waals surface area (Å²) in [5, 5.41) is 0.614. The third kappa shape index (κ3) is 5.38. The normalized spacial score (nSPS) is 18.9. The minimum Gasteiger partial charge on any atom is -0.406 e. The smallest absolute Gasteiger partial charge is 0.406 e. The molecule has 0 spiro atoms. The molecule has 0 radical (unpaired) electrons. The van der Waals surface area contributed by atoms with E-state index in [-0.39, 0.29) is 11.7 Å². The van der Waals surface area contributed by atoms with Gasteiger partial charge in [0.2, 0.25) is 0 Å². The molecule has 0 unspecified atom stereocenters. The summed E-state index contributed by atoms with van der Waals surface area (Å²) < 4.78 is 40.9. The Kier molecular flexibility index (Phi) is 6.52. The van der Waals surface area contributed by atoms with Gasteiger partial charge in [0, 0.05) is 24.7 Å². The number of alkyl halides is 3. The number of aryl methyl sites for hydroxylation is 1. The molecule has 4 rings (SSSR count). The van der Waals surface area contributed by atoms with E-state index in [1.807, 2.05) is 4.90 Å². The van der Waals surface area contributed by atoms with Crippen LogP contribution in [0.15, 0.2) is 24.3 Å². The number of aromatic nitrogens is 1. The Morgan fingerprint density at radius 1 is 1.06 bits per heavy atom. The van der Waals surface area contributed by atoms with Gasteiger partial charge in [0.15, 0.2) is 0 Å². The lowest BCUT2D eigenvalue weighted by Crippen LogP contribution is -2.48. The summed E-state index contributed by atoms with van der Waals surface area (Å²) in [6, 6.07) is 6.13. The van der Waals surface area contributed by atoms with E-state index in [1.54, 1.807) is 6.92 Å². The highest BCUT2D eigenvalue weighted by Gasteiger charge is 2.31. The zero-order valence-electron chi connectivity index (χ0n) is 17.5. The maximum atomic E-state index is 13.1. The number of halogens is 3. The number of rotatable bonds is 4. The Balaban J connectivity index is 1.40. The van der Waals surface area contributed by atoms with Crippen molar-refractivity contribution in [3.05, 3.63) is 34.8 Å². The van der Waals surface area contributed by atoms with Crippen molar-refractivity contribution in [2.75, 3.05) is 26.2 Å². The monoisotopic (exact) mass is 453 g/mol. The molecular formula is C22H26F3N3O2S. The lowest BCUT2D eigenvalue weighted by molar-refractivity contribution is -0.274. The maximum Gasteiger partial charge on any atom is 0.573 e. The third-order valence-electron chi connectivity index (χ3n) is 5.98. The van der Waals surface area contributed by atoms with Gasteiger partial charge in [-0.25, -0.2) is 4.98 Å². The number of piperidine rings is 2. The number of likely N-dealkylation sites (tertiary alicyclic amines) is 2. The third-order valence-corrected chi connectivity index (χ3v) is 7.18. The zero-order valence-corrected chi connectivity index (χ0v) is 18.3. The maximum absolute atomic E-state index is 13.1. The summed E-state index contributed by atoms with van der Waals surface area (Å²) in [6.45, 7) is 5.63. The van der Waals surface area contributed by atoms with Crippen LogP contribution in [0, 0.1) is 6.92 Å². The Labute approximate surface area is 183 Å². The van der Waals surface area contributed by atoms with Crippen LogP contribution in [0.2, 0.25) is 0 Å². The number of thiazole rings is 1. The number of nitrogens with zero attached hydrogens (tertiary/aromatic N) is 3. The fourth-order valence-electron chi connectivity index (χ4n) is 4.38. The van der Waals surface area contributed by atoms with Crippen LogP contribution in [-0.2, 0) is 0 Å². The van der Waals surface area contributed by atoms with E-state index in [4.69, 9.17) is 0 Å². The van der Waals surface area contributed by atoms with Crippen LogP contribution in [0.3, 0.4) is 0 Å². The Morgan fingerprint density at radius 3 is 2.32 bits per heavy atom. The molecule has 0 aliphatic carbocycles. The number of carbonyl (C=O) groups excluding carboxylic acids is 1. The number of benzene rings is 1. The summed E-state index contributed by atoms with van der Waals surface area (Å²) in [6.07, 6.45) is 1.13. The van der Waals surface area contributed by atoms with Crippen molar-refractivity contribution in [3.8, 4) is 16.3 Å². The van der Waals surface area contributed by atoms with Gasteiger partial charge < -0.3 is 14.5 Å². The quantitative estimate of drug-likeness (QED) is 0.646. The minimum absolute atomic E-state index is 0.00429. The highest BCUT2D eigenvalue weighted by Crippen LogP contribution is 2.32. The molecule has 31 heavy (non-hydrogen) atoms. The molecular weight excluding hydrogens is 427 g/mol. The van der Waals surface area contributed by atoms with Gasteiger partial charge in [-0.3, -0.25) is 4.79 Å². The number of carbonyl (C=O) groups is 1. The Bertz CT molecular complexity index is 900. The number of hydrogen-bond acceptors (Lipinski definition) is 5. The van der Waals surface area contributed by atoms with Gasteiger partial charge in [-0.15, -0.1) is 24.5 Å². The predicted octanol–water partition coefficient (Wildman–Crippen LogP) is 5.11. The summed E-state index contributed by atoms with van der Waals surface area (Å²) in [4.78, 5) is 22.7. The second-order valence-electron chi connectivity index (χ2n) is 8.13. The fourth-order valence-corrected chi connectivity index (χ4v) is 5.42. The van der Waals surface area contributed by atoms with Gasteiger partial charge in [0.1, 0.15) is 15.6 Å². The zero-order chi connectivity index (χ0) is 22.0. The van der Waals surface area contributed by atoms with Crippen LogP contribution in [0.25, 0.3) is 10.6 Å². The second kappa shape index (κ2) is 9.16. The first-order chi connectivity index (χ1) is 14.8. The summed E-state index contributed by atoms with van der Waals surface area (Å²) in [5.74, 6) is -0.284. The lowest BCUT2D eigenvalue weighted by atomic mass is 10.00. The van der Waals surface area contributed by atoms with Crippen molar-refractivity contribution >= 4 is 17.2 Å². The molecule has 2 saturated heterocycles. The van der Waals surface area contributed by atoms with Gasteiger partial charge in [-0.2, -0.15) is 0 Å². The fraction of sp³-hybridized carbons (Fsp3) is 0.545. The molecule has 2 aliphatic heterocycles. The summed E-state index contributed by atoms with van der Waals surface area (Å²) in [7, 11) is 0. The van der Waals surface area contributed by atoms with Crippen LogP contribution in [0.5, 0.6) is 5.75 Å². The molecule has 1 amide bonds. The SMILES string of the molecule is Cc1nc(-c2ccc(OC(F)(F)F)cc2)sc1C(=O)N1CCC(N2CCCCC2)CC1. The molecule has 3 heterocycles. The first-order valence-electron chi connectivity index (χ1n) is 10.7. The largest absolute Gasteiger partial charge is 0.573 e. The topological polar surface area (TPSA) is 45.7 Å². The molecule has 9 heteroatoms. The number of amides is 1. The Hall–Kier alpha value is -2.13. The first kappa shape index (κ1) is 22.1. The van der Waals surface area contributed by atoms with Crippen LogP contribution in [0.4, 0.5) is 13.2 Å². The average Bonchev–Trinajstić information content (AvgIpc) is 3.15. The van der Waals surface area contributed by atoms with Crippen LogP contribution < -0.4 is 4.74 Å². The second-order valence-corrected chi connectivity index (χ2v) is 9.12. The van der Waals surface area contributed by atoms with Crippen molar-refractivity contribution in [2.24, 2.45) is 0 Å². The molecule has 0 bridgehead atoms. The average molecular weight is 454 g/mol. The molecule has 1 aromatic heterocycles. The van der Waals surface area contributed by atoms with E-state index in [0.717, 1.165) is 25.9 Å². The highest BCUT2D eigenvalue weighted by atomic mass is 32.1.